The van der Waals surface area contributed by atoms with Crippen LogP contribution in [0.4, 0.5) is 11.4 Å². The Labute approximate surface area is 178 Å². The molecule has 2 amide bonds. The molecule has 2 aliphatic rings. The van der Waals surface area contributed by atoms with Crippen molar-refractivity contribution < 1.29 is 9.59 Å². The number of nitrogens with one attached hydrogen (secondary N) is 3. The maximum Gasteiger partial charge on any atom is 0.255 e. The Bertz CT molecular complexity index is 849. The number of carbonyl (C=O) groups excluding carboxylic acids is 2. The maximum absolute atomic E-state index is 12.5. The van der Waals surface area contributed by atoms with Gasteiger partial charge in [0.05, 0.1) is 0 Å². The van der Waals surface area contributed by atoms with Crippen LogP contribution in [0, 0.1) is 5.92 Å². The molecule has 0 aromatic heterocycles. The fourth-order valence-corrected chi connectivity index (χ4v) is 4.44. The van der Waals surface area contributed by atoms with Gasteiger partial charge < -0.3 is 16.0 Å². The van der Waals surface area contributed by atoms with Gasteiger partial charge in [-0.25, -0.2) is 0 Å². The van der Waals surface area contributed by atoms with Crippen LogP contribution < -0.4 is 16.0 Å². The largest absolute Gasteiger partial charge is 0.326 e. The second-order valence-electron chi connectivity index (χ2n) is 8.53. The Kier molecular flexibility index (Phi) is 6.80. The van der Waals surface area contributed by atoms with Crippen molar-refractivity contribution in [1.29, 1.82) is 0 Å². The number of hydrogen-bond acceptors (Lipinski definition) is 3. The zero-order valence-corrected chi connectivity index (χ0v) is 17.5. The Morgan fingerprint density at radius 1 is 0.833 bits per heavy atom. The predicted octanol–water partition coefficient (Wildman–Crippen LogP) is 4.75. The number of carbonyl (C=O) groups is 2. The lowest BCUT2D eigenvalue weighted by Gasteiger charge is -2.11. The van der Waals surface area contributed by atoms with Crippen LogP contribution >= 0.6 is 0 Å². The van der Waals surface area contributed by atoms with Crippen LogP contribution in [0.2, 0.25) is 0 Å². The molecule has 2 aromatic rings. The summed E-state index contributed by atoms with van der Waals surface area (Å²) in [5, 5.41) is 9.44. The van der Waals surface area contributed by atoms with Gasteiger partial charge in [0.1, 0.15) is 0 Å². The highest BCUT2D eigenvalue weighted by Crippen LogP contribution is 2.26. The molecule has 4 rings (SSSR count). The maximum atomic E-state index is 12.5. The van der Waals surface area contributed by atoms with Gasteiger partial charge in [0.15, 0.2) is 0 Å². The first-order chi connectivity index (χ1) is 14.7. The minimum absolute atomic E-state index is 0.0912. The van der Waals surface area contributed by atoms with Crippen molar-refractivity contribution >= 4 is 23.2 Å². The standard InChI is InChI=1S/C25H31N3O2/c29-24(19-4-1-2-5-19)28-23-15-10-20(11-16-23)25(30)27-22-13-8-18(9-14-22)7-12-21-6-3-17-26-21/h8-11,13-16,19,21,26H,1-7,12,17H2,(H,27,30)(H,28,29)/t21-/m0/s1. The van der Waals surface area contributed by atoms with E-state index in [1.807, 2.05) is 12.1 Å². The van der Waals surface area contributed by atoms with E-state index in [4.69, 9.17) is 0 Å². The third kappa shape index (κ3) is 5.48. The van der Waals surface area contributed by atoms with E-state index in [0.717, 1.165) is 56.4 Å². The van der Waals surface area contributed by atoms with E-state index in [1.165, 1.54) is 18.4 Å². The van der Waals surface area contributed by atoms with Gasteiger partial charge in [-0.15, -0.1) is 0 Å². The van der Waals surface area contributed by atoms with Gasteiger partial charge in [-0.3, -0.25) is 9.59 Å². The van der Waals surface area contributed by atoms with Gasteiger partial charge in [0.25, 0.3) is 5.91 Å². The summed E-state index contributed by atoms with van der Waals surface area (Å²) in [6, 6.07) is 15.8. The van der Waals surface area contributed by atoms with Gasteiger partial charge in [-0.1, -0.05) is 25.0 Å². The third-order valence-electron chi connectivity index (χ3n) is 6.30. The molecule has 1 heterocycles. The number of rotatable bonds is 7. The number of aryl methyl sites for hydroxylation is 1. The van der Waals surface area contributed by atoms with Gasteiger partial charge in [0, 0.05) is 28.9 Å². The third-order valence-corrected chi connectivity index (χ3v) is 6.30. The second-order valence-corrected chi connectivity index (χ2v) is 8.53. The average Bonchev–Trinajstić information content (AvgIpc) is 3.48. The topological polar surface area (TPSA) is 70.2 Å². The average molecular weight is 406 g/mol. The quantitative estimate of drug-likeness (QED) is 0.622. The summed E-state index contributed by atoms with van der Waals surface area (Å²) in [6.07, 6.45) is 8.99. The van der Waals surface area contributed by atoms with E-state index in [1.54, 1.807) is 24.3 Å². The predicted molar refractivity (Wildman–Crippen MR) is 121 cm³/mol. The van der Waals surface area contributed by atoms with Crippen molar-refractivity contribution in [3.8, 4) is 0 Å². The molecule has 1 aliphatic carbocycles. The summed E-state index contributed by atoms with van der Waals surface area (Å²) >= 11 is 0. The lowest BCUT2D eigenvalue weighted by Crippen LogP contribution is -2.21. The van der Waals surface area contributed by atoms with E-state index in [2.05, 4.69) is 28.1 Å². The number of amides is 2. The highest BCUT2D eigenvalue weighted by atomic mass is 16.2. The molecule has 5 heteroatoms. The van der Waals surface area contributed by atoms with Crippen molar-refractivity contribution in [2.75, 3.05) is 17.2 Å². The molecule has 3 N–H and O–H groups in total. The van der Waals surface area contributed by atoms with E-state index in [9.17, 15) is 9.59 Å². The van der Waals surface area contributed by atoms with Crippen LogP contribution in [-0.2, 0) is 11.2 Å². The first-order valence-electron chi connectivity index (χ1n) is 11.2. The van der Waals surface area contributed by atoms with Crippen molar-refractivity contribution in [3.05, 3.63) is 59.7 Å². The molecule has 5 nitrogen and oxygen atoms in total. The summed E-state index contributed by atoms with van der Waals surface area (Å²) in [5.74, 6) is 0.0745. The minimum Gasteiger partial charge on any atom is -0.326 e. The molecular weight excluding hydrogens is 374 g/mol. The normalized spacial score (nSPS) is 19.0. The molecule has 0 bridgehead atoms. The molecule has 1 saturated carbocycles. The fraction of sp³-hybridized carbons (Fsp3) is 0.440. The van der Waals surface area contributed by atoms with Crippen LogP contribution in [-0.4, -0.2) is 24.4 Å². The first kappa shape index (κ1) is 20.6. The molecule has 0 radical (unpaired) electrons. The smallest absolute Gasteiger partial charge is 0.255 e. The molecule has 0 unspecified atom stereocenters. The van der Waals surface area contributed by atoms with Crippen LogP contribution in [0.1, 0.15) is 60.9 Å². The van der Waals surface area contributed by atoms with Gasteiger partial charge in [0.2, 0.25) is 5.91 Å². The van der Waals surface area contributed by atoms with E-state index in [-0.39, 0.29) is 17.7 Å². The van der Waals surface area contributed by atoms with Crippen molar-refractivity contribution in [1.82, 2.24) is 5.32 Å². The van der Waals surface area contributed by atoms with Gasteiger partial charge >= 0.3 is 0 Å². The highest BCUT2D eigenvalue weighted by molar-refractivity contribution is 6.04. The molecule has 0 spiro atoms. The molecule has 30 heavy (non-hydrogen) atoms. The monoisotopic (exact) mass is 405 g/mol. The van der Waals surface area contributed by atoms with Crippen LogP contribution in [0.3, 0.4) is 0 Å². The number of hydrogen-bond donors (Lipinski definition) is 3. The zero-order chi connectivity index (χ0) is 20.8. The Hall–Kier alpha value is -2.66. The van der Waals surface area contributed by atoms with Gasteiger partial charge in [-0.05, 0) is 87.0 Å². The molecule has 158 valence electrons. The van der Waals surface area contributed by atoms with E-state index in [0.29, 0.717) is 11.6 Å². The summed E-state index contributed by atoms with van der Waals surface area (Å²) in [6.45, 7) is 1.14. The highest BCUT2D eigenvalue weighted by Gasteiger charge is 2.22. The number of benzene rings is 2. The summed E-state index contributed by atoms with van der Waals surface area (Å²) in [4.78, 5) is 24.8. The van der Waals surface area contributed by atoms with Crippen LogP contribution in [0.5, 0.6) is 0 Å². The summed E-state index contributed by atoms with van der Waals surface area (Å²) in [5.41, 5.74) is 3.40. The second kappa shape index (κ2) is 9.90. The SMILES string of the molecule is O=C(Nc1ccc(CC[C@@H]2CCCN2)cc1)c1ccc(NC(=O)C2CCCC2)cc1. The summed E-state index contributed by atoms with van der Waals surface area (Å²) < 4.78 is 0. The van der Waals surface area contributed by atoms with Crippen molar-refractivity contribution in [2.24, 2.45) is 5.92 Å². The number of anilines is 2. The fourth-order valence-electron chi connectivity index (χ4n) is 4.44. The molecule has 1 atom stereocenters. The molecule has 2 fully saturated rings. The van der Waals surface area contributed by atoms with Crippen LogP contribution in [0.25, 0.3) is 0 Å². The molecule has 1 saturated heterocycles. The first-order valence-corrected chi connectivity index (χ1v) is 11.2. The van der Waals surface area contributed by atoms with E-state index < -0.39 is 0 Å². The Morgan fingerprint density at radius 2 is 1.50 bits per heavy atom. The Balaban J connectivity index is 1.27. The minimum atomic E-state index is -0.147. The van der Waals surface area contributed by atoms with Crippen molar-refractivity contribution in [2.45, 2.75) is 57.4 Å². The zero-order valence-electron chi connectivity index (χ0n) is 17.5. The Morgan fingerprint density at radius 3 is 2.17 bits per heavy atom. The molecule has 1 aliphatic heterocycles. The lowest BCUT2D eigenvalue weighted by molar-refractivity contribution is -0.119. The van der Waals surface area contributed by atoms with Crippen LogP contribution in [0.15, 0.2) is 48.5 Å². The molecular formula is C25H31N3O2. The lowest BCUT2D eigenvalue weighted by atomic mass is 10.0. The summed E-state index contributed by atoms with van der Waals surface area (Å²) in [7, 11) is 0. The molecule has 2 aromatic carbocycles. The van der Waals surface area contributed by atoms with E-state index >= 15 is 0 Å². The van der Waals surface area contributed by atoms with Gasteiger partial charge in [-0.2, -0.15) is 0 Å². The van der Waals surface area contributed by atoms with Crippen molar-refractivity contribution in [3.63, 3.8) is 0 Å².